The largest absolute Gasteiger partial charge is 0.701 e. The molecule has 2 N–H and O–H groups in total. The van der Waals surface area contributed by atoms with E-state index < -0.39 is 7.32 Å². The van der Waals surface area contributed by atoms with Gasteiger partial charge in [0.25, 0.3) is 0 Å². The molecule has 6 heteroatoms. The fourth-order valence-corrected chi connectivity index (χ4v) is 0.105. The van der Waals surface area contributed by atoms with Crippen LogP contribution in [-0.2, 0) is 20.3 Å². The van der Waals surface area contributed by atoms with Gasteiger partial charge in [0.15, 0.2) is 0 Å². The second kappa shape index (κ2) is 3.17. The molecule has 0 fully saturated rings. The van der Waals surface area contributed by atoms with Gasteiger partial charge >= 0.3 is 19.3 Å². The summed E-state index contributed by atoms with van der Waals surface area (Å²) in [6.45, 7) is 0. The molecule has 0 rings (SSSR count). The molecule has 34 valence electrons. The van der Waals surface area contributed by atoms with Crippen molar-refractivity contribution in [3.63, 3.8) is 0 Å². The summed E-state index contributed by atoms with van der Waals surface area (Å²) in [5.41, 5.74) is 0. The Morgan fingerprint density at radius 1 is 1.67 bits per heavy atom. The topological polar surface area (TPSA) is 66.8 Å². The lowest BCUT2D eigenvalue weighted by atomic mass is 10.3. The summed E-state index contributed by atoms with van der Waals surface area (Å²) in [7, 11) is -1.95. The molecule has 6 heavy (non-hydrogen) atoms. The van der Waals surface area contributed by atoms with E-state index in [1.165, 1.54) is 0 Å². The van der Waals surface area contributed by atoms with Crippen LogP contribution in [0.2, 0.25) is 0 Å². The monoisotopic (exact) mass is 109 g/mol. The van der Waals surface area contributed by atoms with Crippen LogP contribution in [0.4, 0.5) is 0 Å². The van der Waals surface area contributed by atoms with E-state index in [-0.39, 0.29) is 11.9 Å². The molecular weight excluding hydrogens is 107 g/mol. The minimum Gasteiger partial charge on any atom is -0.399 e. The highest BCUT2D eigenvalue weighted by atomic mass is 32.2. The maximum Gasteiger partial charge on any atom is 0.701 e. The highest BCUT2D eigenvalue weighted by Gasteiger charge is 2.18. The van der Waals surface area contributed by atoms with Crippen molar-refractivity contribution in [3.8, 4) is 0 Å². The summed E-state index contributed by atoms with van der Waals surface area (Å²) in [6.07, 6.45) is 0. The molecule has 0 aliphatic carbocycles. The molecule has 0 saturated heterocycles. The van der Waals surface area contributed by atoms with Gasteiger partial charge in [0.05, 0.1) is 4.21 Å². The first-order valence-electron chi connectivity index (χ1n) is 1.09. The Hall–Kier alpha value is -0.0351. The average Bonchev–Trinajstić information content (AvgIpc) is 1.35. The standard InChI is InChI=1S/BH2O4S/c2-1(3)5-6-4/h2-3H/q+1. The van der Waals surface area contributed by atoms with E-state index in [4.69, 9.17) is 14.3 Å². The molecule has 0 heterocycles. The predicted octanol–water partition coefficient (Wildman–Crippen LogP) is -1.68. The number of hydrogen-bond donors (Lipinski definition) is 2. The van der Waals surface area contributed by atoms with Crippen LogP contribution >= 0.6 is 0 Å². The number of hydrogen-bond acceptors (Lipinski definition) is 4. The lowest BCUT2D eigenvalue weighted by Crippen LogP contribution is -2.12. The molecule has 0 aliphatic rings. The van der Waals surface area contributed by atoms with Gasteiger partial charge in [0.1, 0.15) is 0 Å². The maximum atomic E-state index is 9.11. The minimum absolute atomic E-state index is 0.340. The average molecular weight is 109 g/mol. The third kappa shape index (κ3) is 3.96. The van der Waals surface area contributed by atoms with Crippen LogP contribution in [-0.4, -0.2) is 17.4 Å². The Kier molecular flexibility index (Phi) is 3.15. The van der Waals surface area contributed by atoms with E-state index in [0.717, 1.165) is 0 Å². The zero-order valence-electron chi connectivity index (χ0n) is 2.70. The van der Waals surface area contributed by atoms with Crippen LogP contribution in [0.25, 0.3) is 0 Å². The lowest BCUT2D eigenvalue weighted by Gasteiger charge is -1.70. The molecule has 0 atom stereocenters. The van der Waals surface area contributed by atoms with Crippen LogP contribution in [0.1, 0.15) is 0 Å². The minimum atomic E-state index is -1.95. The zero-order chi connectivity index (χ0) is 4.99. The van der Waals surface area contributed by atoms with Crippen molar-refractivity contribution in [2.45, 2.75) is 0 Å². The van der Waals surface area contributed by atoms with Gasteiger partial charge in [-0.25, -0.2) is 0 Å². The second-order valence-corrected chi connectivity index (χ2v) is 0.819. The molecule has 0 spiro atoms. The SMILES string of the molecule is O=[S+]OB(O)O. The summed E-state index contributed by atoms with van der Waals surface area (Å²) in [5, 5.41) is 15.3. The van der Waals surface area contributed by atoms with Crippen LogP contribution in [0, 0.1) is 0 Å². The van der Waals surface area contributed by atoms with Crippen molar-refractivity contribution in [3.05, 3.63) is 0 Å². The predicted molar refractivity (Wildman–Crippen MR) is 19.3 cm³/mol. The van der Waals surface area contributed by atoms with Gasteiger partial charge in [0.2, 0.25) is 0 Å². The molecule has 0 aromatic heterocycles. The fourth-order valence-electron chi connectivity index (χ4n) is 0.0351. The summed E-state index contributed by atoms with van der Waals surface area (Å²) in [4.78, 5) is 0. The third-order valence-electron chi connectivity index (χ3n) is 0.125. The van der Waals surface area contributed by atoms with E-state index in [0.29, 0.717) is 0 Å². The van der Waals surface area contributed by atoms with Gasteiger partial charge in [0, 0.05) is 0 Å². The van der Waals surface area contributed by atoms with Crippen LogP contribution in [0.5, 0.6) is 0 Å². The molecule has 0 aromatic carbocycles. The first-order valence-corrected chi connectivity index (χ1v) is 1.75. The molecule has 0 unspecified atom stereocenters. The Morgan fingerprint density at radius 3 is 2.17 bits per heavy atom. The first-order chi connectivity index (χ1) is 2.77. The molecule has 0 radical (unpaired) electrons. The Bertz CT molecular complexity index is 42.8. The third-order valence-corrected chi connectivity index (χ3v) is 0.376. The summed E-state index contributed by atoms with van der Waals surface area (Å²) < 4.78 is 12.6. The highest BCUT2D eigenvalue weighted by Crippen LogP contribution is 1.66. The van der Waals surface area contributed by atoms with Gasteiger partial charge in [-0.2, -0.15) is 0 Å². The Labute approximate surface area is 38.6 Å². The van der Waals surface area contributed by atoms with E-state index in [2.05, 4.69) is 4.10 Å². The van der Waals surface area contributed by atoms with Crippen LogP contribution in [0.15, 0.2) is 0 Å². The maximum absolute atomic E-state index is 9.11. The molecule has 0 aliphatic heterocycles. The summed E-state index contributed by atoms with van der Waals surface area (Å²) in [6, 6.07) is 0. The van der Waals surface area contributed by atoms with E-state index in [9.17, 15) is 0 Å². The van der Waals surface area contributed by atoms with E-state index >= 15 is 0 Å². The van der Waals surface area contributed by atoms with Gasteiger partial charge in [-0.3, -0.25) is 0 Å². The lowest BCUT2D eigenvalue weighted by molar-refractivity contribution is 0.302. The second-order valence-electron chi connectivity index (χ2n) is 0.491. The molecule has 4 nitrogen and oxygen atoms in total. The fraction of sp³-hybridized carbons (Fsp3) is 0. The van der Waals surface area contributed by atoms with Gasteiger partial charge in [-0.1, -0.05) is 4.10 Å². The smallest absolute Gasteiger partial charge is 0.399 e. The Balaban J connectivity index is 2.81. The van der Waals surface area contributed by atoms with Crippen molar-refractivity contribution in [2.24, 2.45) is 0 Å². The van der Waals surface area contributed by atoms with Crippen molar-refractivity contribution in [2.75, 3.05) is 0 Å². The molecular formula is H2BO4S+. The van der Waals surface area contributed by atoms with Crippen molar-refractivity contribution in [1.82, 2.24) is 0 Å². The summed E-state index contributed by atoms with van der Waals surface area (Å²) in [5.74, 6) is 0. The molecule has 0 bridgehead atoms. The van der Waals surface area contributed by atoms with E-state index in [1.54, 1.807) is 0 Å². The Morgan fingerprint density at radius 2 is 2.17 bits per heavy atom. The normalized spacial score (nSPS) is 7.67. The summed E-state index contributed by atoms with van der Waals surface area (Å²) >= 11 is -0.340. The molecule has 0 amide bonds. The van der Waals surface area contributed by atoms with Crippen LogP contribution < -0.4 is 0 Å². The van der Waals surface area contributed by atoms with Gasteiger partial charge < -0.3 is 10.0 Å². The highest BCUT2D eigenvalue weighted by molar-refractivity contribution is 7.61. The van der Waals surface area contributed by atoms with E-state index in [1.807, 2.05) is 0 Å². The molecule has 0 saturated carbocycles. The van der Waals surface area contributed by atoms with Crippen molar-refractivity contribution in [1.29, 1.82) is 0 Å². The van der Waals surface area contributed by atoms with Crippen LogP contribution in [0.3, 0.4) is 0 Å². The van der Waals surface area contributed by atoms with Gasteiger partial charge in [-0.05, 0) is 0 Å². The number of rotatable bonds is 2. The first kappa shape index (κ1) is 5.96. The van der Waals surface area contributed by atoms with Gasteiger partial charge in [-0.15, -0.1) is 0 Å². The zero-order valence-corrected chi connectivity index (χ0v) is 3.51. The quantitative estimate of drug-likeness (QED) is 0.252. The van der Waals surface area contributed by atoms with Crippen molar-refractivity contribution >= 4 is 19.3 Å². The van der Waals surface area contributed by atoms with Crippen molar-refractivity contribution < 1.29 is 18.4 Å². The molecule has 0 aromatic rings.